The molecule has 10 heteroatoms. The molecule has 3 aromatic rings. The van der Waals surface area contributed by atoms with Crippen LogP contribution in [-0.2, 0) is 33.7 Å². The standard InChI is InChI=1S/C21H29N4O5P/c1-4-29-31(28,5-2)30-14-10-9-13-25-20(26)18-19(23(3)21(25)27)22-16-24(18)15-17-11-7-6-8-12-17/h6-8,11-12,16H,4-5,9-10,13-15H2,1-3H3. The molecule has 1 atom stereocenters. The van der Waals surface area contributed by atoms with E-state index in [1.165, 1.54) is 9.13 Å². The molecule has 0 saturated carbocycles. The fourth-order valence-electron chi connectivity index (χ4n) is 3.41. The van der Waals surface area contributed by atoms with E-state index in [0.29, 0.717) is 43.3 Å². The molecule has 1 aromatic carbocycles. The van der Waals surface area contributed by atoms with Crippen molar-refractivity contribution in [2.75, 3.05) is 19.4 Å². The Hall–Kier alpha value is -2.48. The SMILES string of the molecule is CCOP(=O)(CC)OCCCCn1c(=O)c2c(ncn2Cc2ccccc2)n(C)c1=O. The summed E-state index contributed by atoms with van der Waals surface area (Å²) in [7, 11) is -1.44. The Morgan fingerprint density at radius 3 is 2.48 bits per heavy atom. The summed E-state index contributed by atoms with van der Waals surface area (Å²) in [4.78, 5) is 30.1. The van der Waals surface area contributed by atoms with Gasteiger partial charge in [0.2, 0.25) is 0 Å². The molecule has 0 fully saturated rings. The highest BCUT2D eigenvalue weighted by Crippen LogP contribution is 2.47. The first-order chi connectivity index (χ1) is 14.9. The highest BCUT2D eigenvalue weighted by Gasteiger charge is 2.21. The molecule has 0 aliphatic rings. The number of imidazole rings is 1. The van der Waals surface area contributed by atoms with Crippen molar-refractivity contribution in [3.8, 4) is 0 Å². The van der Waals surface area contributed by atoms with E-state index in [2.05, 4.69) is 4.98 Å². The van der Waals surface area contributed by atoms with Gasteiger partial charge in [0.05, 0.1) is 19.5 Å². The third kappa shape index (κ3) is 5.23. The van der Waals surface area contributed by atoms with Crippen LogP contribution in [0.25, 0.3) is 11.2 Å². The first-order valence-corrected chi connectivity index (χ1v) is 12.2. The average Bonchev–Trinajstić information content (AvgIpc) is 3.19. The van der Waals surface area contributed by atoms with E-state index in [-0.39, 0.29) is 18.7 Å². The summed E-state index contributed by atoms with van der Waals surface area (Å²) < 4.78 is 27.4. The minimum absolute atomic E-state index is 0.242. The zero-order valence-electron chi connectivity index (χ0n) is 18.2. The maximum atomic E-state index is 13.1. The van der Waals surface area contributed by atoms with Crippen LogP contribution in [0.2, 0.25) is 0 Å². The molecule has 0 aliphatic carbocycles. The fraction of sp³-hybridized carbons (Fsp3) is 0.476. The second-order valence-corrected chi connectivity index (χ2v) is 9.58. The van der Waals surface area contributed by atoms with Gasteiger partial charge in [-0.3, -0.25) is 18.5 Å². The van der Waals surface area contributed by atoms with E-state index >= 15 is 0 Å². The molecule has 1 unspecified atom stereocenters. The lowest BCUT2D eigenvalue weighted by Gasteiger charge is -2.16. The summed E-state index contributed by atoms with van der Waals surface area (Å²) in [6, 6.07) is 9.76. The van der Waals surface area contributed by atoms with Gasteiger partial charge in [-0.15, -0.1) is 0 Å². The maximum Gasteiger partial charge on any atom is 0.332 e. The molecule has 9 nitrogen and oxygen atoms in total. The minimum Gasteiger partial charge on any atom is -0.320 e. The van der Waals surface area contributed by atoms with Gasteiger partial charge in [0.1, 0.15) is 0 Å². The average molecular weight is 448 g/mol. The van der Waals surface area contributed by atoms with Gasteiger partial charge >= 0.3 is 13.3 Å². The normalized spacial score (nSPS) is 13.5. The van der Waals surface area contributed by atoms with Gasteiger partial charge in [-0.2, -0.15) is 0 Å². The first-order valence-electron chi connectivity index (χ1n) is 10.5. The van der Waals surface area contributed by atoms with Crippen LogP contribution in [0.4, 0.5) is 0 Å². The fourth-order valence-corrected chi connectivity index (χ4v) is 4.65. The second kappa shape index (κ2) is 10.2. The number of hydrogen-bond acceptors (Lipinski definition) is 6. The highest BCUT2D eigenvalue weighted by molar-refractivity contribution is 7.53. The van der Waals surface area contributed by atoms with Crippen molar-refractivity contribution in [3.05, 3.63) is 63.1 Å². The van der Waals surface area contributed by atoms with Gasteiger partial charge in [0.15, 0.2) is 11.2 Å². The van der Waals surface area contributed by atoms with Crippen molar-refractivity contribution in [3.63, 3.8) is 0 Å². The van der Waals surface area contributed by atoms with E-state index in [4.69, 9.17) is 9.05 Å². The van der Waals surface area contributed by atoms with Crippen LogP contribution in [0, 0.1) is 0 Å². The maximum absolute atomic E-state index is 13.1. The predicted molar refractivity (Wildman–Crippen MR) is 120 cm³/mol. The molecule has 0 amide bonds. The number of hydrogen-bond donors (Lipinski definition) is 0. The Kier molecular flexibility index (Phi) is 7.64. The minimum atomic E-state index is -3.05. The number of benzene rings is 1. The Balaban J connectivity index is 1.76. The van der Waals surface area contributed by atoms with Crippen LogP contribution in [0.5, 0.6) is 0 Å². The molecular weight excluding hydrogens is 419 g/mol. The lowest BCUT2D eigenvalue weighted by atomic mass is 10.2. The molecule has 3 rings (SSSR count). The van der Waals surface area contributed by atoms with Crippen LogP contribution >= 0.6 is 7.60 Å². The molecule has 2 heterocycles. The molecule has 168 valence electrons. The molecule has 0 radical (unpaired) electrons. The Bertz CT molecular complexity index is 1180. The Labute approximate surface area is 180 Å². The molecule has 2 aromatic heterocycles. The molecule has 0 N–H and O–H groups in total. The van der Waals surface area contributed by atoms with Crippen molar-refractivity contribution < 1.29 is 13.6 Å². The number of aryl methyl sites for hydroxylation is 1. The Morgan fingerprint density at radius 1 is 1.06 bits per heavy atom. The summed E-state index contributed by atoms with van der Waals surface area (Å²) >= 11 is 0. The van der Waals surface area contributed by atoms with Gasteiger partial charge in [-0.25, -0.2) is 9.78 Å². The largest absolute Gasteiger partial charge is 0.332 e. The molecular formula is C21H29N4O5P. The van der Waals surface area contributed by atoms with Crippen molar-refractivity contribution in [2.45, 2.75) is 39.8 Å². The number of fused-ring (bicyclic) bond motifs is 1. The van der Waals surface area contributed by atoms with E-state index in [1.54, 1.807) is 31.8 Å². The number of aromatic nitrogens is 4. The molecule has 0 bridgehead atoms. The summed E-state index contributed by atoms with van der Waals surface area (Å²) in [5.41, 5.74) is 1.03. The summed E-state index contributed by atoms with van der Waals surface area (Å²) in [5.74, 6) is 0. The number of unbranched alkanes of at least 4 members (excludes halogenated alkanes) is 1. The van der Waals surface area contributed by atoms with E-state index in [0.717, 1.165) is 5.56 Å². The van der Waals surface area contributed by atoms with Crippen molar-refractivity contribution >= 4 is 18.8 Å². The lowest BCUT2D eigenvalue weighted by Crippen LogP contribution is -2.39. The van der Waals surface area contributed by atoms with Gasteiger partial charge in [-0.05, 0) is 25.3 Å². The van der Waals surface area contributed by atoms with Crippen molar-refractivity contribution in [2.24, 2.45) is 7.05 Å². The topological polar surface area (TPSA) is 97.3 Å². The third-order valence-electron chi connectivity index (χ3n) is 5.07. The summed E-state index contributed by atoms with van der Waals surface area (Å²) in [6.45, 7) is 4.83. The molecule has 0 aliphatic heterocycles. The monoisotopic (exact) mass is 448 g/mol. The quantitative estimate of drug-likeness (QED) is 0.330. The van der Waals surface area contributed by atoms with Gasteiger partial charge < -0.3 is 13.6 Å². The first kappa shape index (κ1) is 23.2. The zero-order chi connectivity index (χ0) is 22.4. The van der Waals surface area contributed by atoms with E-state index in [9.17, 15) is 14.2 Å². The Morgan fingerprint density at radius 2 is 1.81 bits per heavy atom. The van der Waals surface area contributed by atoms with Crippen LogP contribution in [0.1, 0.15) is 32.3 Å². The van der Waals surface area contributed by atoms with Crippen molar-refractivity contribution in [1.29, 1.82) is 0 Å². The van der Waals surface area contributed by atoms with Gasteiger partial charge in [-0.1, -0.05) is 37.3 Å². The zero-order valence-corrected chi connectivity index (χ0v) is 19.1. The predicted octanol–water partition coefficient (Wildman–Crippen LogP) is 2.99. The van der Waals surface area contributed by atoms with Crippen LogP contribution in [0.15, 0.2) is 46.2 Å². The van der Waals surface area contributed by atoms with Crippen LogP contribution < -0.4 is 11.2 Å². The molecule has 0 spiro atoms. The van der Waals surface area contributed by atoms with E-state index < -0.39 is 13.3 Å². The summed E-state index contributed by atoms with van der Waals surface area (Å²) in [6.07, 6.45) is 2.98. The van der Waals surface area contributed by atoms with E-state index in [1.807, 2.05) is 30.3 Å². The van der Waals surface area contributed by atoms with Crippen LogP contribution in [-0.4, -0.2) is 38.1 Å². The lowest BCUT2D eigenvalue weighted by molar-refractivity contribution is 0.208. The third-order valence-corrected chi connectivity index (χ3v) is 7.08. The van der Waals surface area contributed by atoms with Gasteiger partial charge in [0.25, 0.3) is 5.56 Å². The molecule has 0 saturated heterocycles. The summed E-state index contributed by atoms with van der Waals surface area (Å²) in [5, 5.41) is 0. The highest BCUT2D eigenvalue weighted by atomic mass is 31.2. The van der Waals surface area contributed by atoms with Crippen molar-refractivity contribution in [1.82, 2.24) is 18.7 Å². The van der Waals surface area contributed by atoms with Crippen LogP contribution in [0.3, 0.4) is 0 Å². The van der Waals surface area contributed by atoms with Gasteiger partial charge in [0, 0.05) is 26.3 Å². The second-order valence-electron chi connectivity index (χ2n) is 7.21. The number of rotatable bonds is 11. The molecule has 31 heavy (non-hydrogen) atoms. The number of nitrogens with zero attached hydrogens (tertiary/aromatic N) is 4. The smallest absolute Gasteiger partial charge is 0.320 e.